The van der Waals surface area contributed by atoms with Crippen molar-refractivity contribution in [3.63, 3.8) is 0 Å². The molecule has 0 heterocycles. The first kappa shape index (κ1) is 15.0. The Morgan fingerprint density at radius 1 is 1.50 bits per heavy atom. The van der Waals surface area contributed by atoms with Crippen LogP contribution in [0.4, 0.5) is 11.4 Å². The summed E-state index contributed by atoms with van der Waals surface area (Å²) in [5, 5.41) is 3.14. The molecule has 1 atom stereocenters. The molecule has 0 radical (unpaired) electrons. The molecule has 1 unspecified atom stereocenters. The van der Waals surface area contributed by atoms with Gasteiger partial charge in [0.15, 0.2) is 0 Å². The predicted molar refractivity (Wildman–Crippen MR) is 77.3 cm³/mol. The fourth-order valence-corrected chi connectivity index (χ4v) is 2.66. The molecule has 6 heteroatoms. The molecule has 1 aromatic carbocycles. The maximum absolute atomic E-state index is 11.6. The number of hydrogen-bond acceptors (Lipinski definition) is 3. The van der Waals surface area contributed by atoms with E-state index in [0.29, 0.717) is 22.2 Å². The van der Waals surface area contributed by atoms with Gasteiger partial charge in [-0.1, -0.05) is 24.9 Å². The van der Waals surface area contributed by atoms with Crippen LogP contribution in [0.2, 0.25) is 5.02 Å². The zero-order chi connectivity index (χ0) is 13.5. The second-order valence-corrected chi connectivity index (χ2v) is 5.93. The fourth-order valence-electron chi connectivity index (χ4n) is 1.36. The molecule has 1 amide bonds. The zero-order valence-electron chi connectivity index (χ0n) is 10.2. The van der Waals surface area contributed by atoms with E-state index in [1.807, 2.05) is 6.92 Å². The van der Waals surface area contributed by atoms with Crippen molar-refractivity contribution in [2.24, 2.45) is 0 Å². The Hall–Kier alpha value is -1.07. The highest BCUT2D eigenvalue weighted by Crippen LogP contribution is 2.22. The van der Waals surface area contributed by atoms with E-state index < -0.39 is 10.8 Å². The number of carbonyl (C=O) groups is 1. The van der Waals surface area contributed by atoms with Crippen LogP contribution in [0.15, 0.2) is 18.2 Å². The van der Waals surface area contributed by atoms with Gasteiger partial charge in [0.05, 0.1) is 11.4 Å². The number of unbranched alkanes of at least 4 members (excludes halogenated alkanes) is 1. The summed E-state index contributed by atoms with van der Waals surface area (Å²) in [6, 6.07) is 4.83. The number of benzene rings is 1. The van der Waals surface area contributed by atoms with Gasteiger partial charge < -0.3 is 11.1 Å². The van der Waals surface area contributed by atoms with Crippen molar-refractivity contribution < 1.29 is 9.00 Å². The van der Waals surface area contributed by atoms with Crippen molar-refractivity contribution >= 4 is 39.7 Å². The van der Waals surface area contributed by atoms with Crippen molar-refractivity contribution in [3.8, 4) is 0 Å². The lowest BCUT2D eigenvalue weighted by Crippen LogP contribution is -2.21. The smallest absolute Gasteiger partial charge is 0.237 e. The Balaban J connectivity index is 2.51. The van der Waals surface area contributed by atoms with Gasteiger partial charge in [-0.3, -0.25) is 9.00 Å². The molecule has 0 aliphatic heterocycles. The molecule has 1 rings (SSSR count). The summed E-state index contributed by atoms with van der Waals surface area (Å²) < 4.78 is 11.5. The minimum absolute atomic E-state index is 0.00205. The normalized spacial score (nSPS) is 12.1. The van der Waals surface area contributed by atoms with Crippen molar-refractivity contribution in [1.29, 1.82) is 0 Å². The molecule has 0 spiro atoms. The SMILES string of the molecule is CCCCS(=O)CC(=O)Nc1ccc(Cl)cc1N. The lowest BCUT2D eigenvalue weighted by molar-refractivity contribution is -0.113. The minimum Gasteiger partial charge on any atom is -0.397 e. The number of anilines is 2. The first-order valence-corrected chi connectivity index (χ1v) is 7.59. The molecule has 4 nitrogen and oxygen atoms in total. The average molecular weight is 289 g/mol. The van der Waals surface area contributed by atoms with Crippen LogP contribution in [0.1, 0.15) is 19.8 Å². The van der Waals surface area contributed by atoms with Gasteiger partial charge >= 0.3 is 0 Å². The minimum atomic E-state index is -1.11. The van der Waals surface area contributed by atoms with E-state index >= 15 is 0 Å². The van der Waals surface area contributed by atoms with Gasteiger partial charge in [-0.25, -0.2) is 0 Å². The number of amides is 1. The van der Waals surface area contributed by atoms with Gasteiger partial charge in [0.2, 0.25) is 5.91 Å². The number of nitrogen functional groups attached to an aromatic ring is 1. The van der Waals surface area contributed by atoms with Crippen molar-refractivity contribution in [2.45, 2.75) is 19.8 Å². The van der Waals surface area contributed by atoms with Gasteiger partial charge in [0.25, 0.3) is 0 Å². The number of nitrogens with two attached hydrogens (primary N) is 1. The number of nitrogens with one attached hydrogen (secondary N) is 1. The Labute approximate surface area is 114 Å². The first-order chi connectivity index (χ1) is 8.52. The first-order valence-electron chi connectivity index (χ1n) is 5.72. The second kappa shape index (κ2) is 7.38. The Bertz CT molecular complexity index is 452. The zero-order valence-corrected chi connectivity index (χ0v) is 11.8. The van der Waals surface area contributed by atoms with Crippen LogP contribution < -0.4 is 11.1 Å². The van der Waals surface area contributed by atoms with Crippen LogP contribution in [-0.2, 0) is 15.6 Å². The highest BCUT2D eigenvalue weighted by molar-refractivity contribution is 7.85. The third-order valence-corrected chi connectivity index (χ3v) is 3.87. The monoisotopic (exact) mass is 288 g/mol. The van der Waals surface area contributed by atoms with Crippen LogP contribution in [-0.4, -0.2) is 21.6 Å². The third kappa shape index (κ3) is 5.06. The Morgan fingerprint density at radius 2 is 2.22 bits per heavy atom. The highest BCUT2D eigenvalue weighted by atomic mass is 35.5. The standard InChI is InChI=1S/C12H17ClN2O2S/c1-2-3-6-18(17)8-12(16)15-11-5-4-9(13)7-10(11)14/h4-5,7H,2-3,6,8,14H2,1H3,(H,15,16). The average Bonchev–Trinajstić information content (AvgIpc) is 2.30. The maximum Gasteiger partial charge on any atom is 0.237 e. The van der Waals surface area contributed by atoms with Crippen molar-refractivity contribution in [2.75, 3.05) is 22.6 Å². The molecular formula is C12H17ClN2O2S. The van der Waals surface area contributed by atoms with Crippen LogP contribution in [0.5, 0.6) is 0 Å². The maximum atomic E-state index is 11.6. The summed E-state index contributed by atoms with van der Waals surface area (Å²) in [6.07, 6.45) is 1.83. The summed E-state index contributed by atoms with van der Waals surface area (Å²) in [4.78, 5) is 11.6. The van der Waals surface area contributed by atoms with Gasteiger partial charge in [0, 0.05) is 21.6 Å². The molecule has 0 saturated heterocycles. The van der Waals surface area contributed by atoms with E-state index in [1.165, 1.54) is 0 Å². The van der Waals surface area contributed by atoms with Crippen LogP contribution in [0.3, 0.4) is 0 Å². The Morgan fingerprint density at radius 3 is 2.83 bits per heavy atom. The molecule has 0 bridgehead atoms. The molecule has 0 aliphatic carbocycles. The van der Waals surface area contributed by atoms with Crippen molar-refractivity contribution in [1.82, 2.24) is 0 Å². The number of rotatable bonds is 6. The van der Waals surface area contributed by atoms with Gasteiger partial charge in [-0.05, 0) is 24.6 Å². The van der Waals surface area contributed by atoms with Gasteiger partial charge in [-0.15, -0.1) is 0 Å². The van der Waals surface area contributed by atoms with E-state index in [-0.39, 0.29) is 11.7 Å². The van der Waals surface area contributed by atoms with E-state index in [2.05, 4.69) is 5.32 Å². The summed E-state index contributed by atoms with van der Waals surface area (Å²) in [6.45, 7) is 2.02. The molecule has 3 N–H and O–H groups in total. The lowest BCUT2D eigenvalue weighted by Gasteiger charge is -2.08. The number of hydrogen-bond donors (Lipinski definition) is 2. The Kier molecular flexibility index (Phi) is 6.15. The van der Waals surface area contributed by atoms with E-state index in [1.54, 1.807) is 18.2 Å². The summed E-state index contributed by atoms with van der Waals surface area (Å²) in [7, 11) is -1.11. The molecule has 18 heavy (non-hydrogen) atoms. The van der Waals surface area contributed by atoms with E-state index in [0.717, 1.165) is 12.8 Å². The topological polar surface area (TPSA) is 72.2 Å². The quantitative estimate of drug-likeness (QED) is 0.790. The lowest BCUT2D eigenvalue weighted by atomic mass is 10.2. The van der Waals surface area contributed by atoms with Crippen molar-refractivity contribution in [3.05, 3.63) is 23.2 Å². The van der Waals surface area contributed by atoms with E-state index in [9.17, 15) is 9.00 Å². The van der Waals surface area contributed by atoms with Crippen LogP contribution in [0, 0.1) is 0 Å². The van der Waals surface area contributed by atoms with Crippen LogP contribution >= 0.6 is 11.6 Å². The molecule has 0 fully saturated rings. The van der Waals surface area contributed by atoms with Gasteiger partial charge in [0.1, 0.15) is 5.75 Å². The van der Waals surface area contributed by atoms with Gasteiger partial charge in [-0.2, -0.15) is 0 Å². The van der Waals surface area contributed by atoms with Crippen LogP contribution in [0.25, 0.3) is 0 Å². The predicted octanol–water partition coefficient (Wildman–Crippen LogP) is 2.41. The third-order valence-electron chi connectivity index (χ3n) is 2.31. The molecule has 0 aliphatic rings. The summed E-state index contributed by atoms with van der Waals surface area (Å²) in [5.74, 6) is 0.265. The molecule has 0 aromatic heterocycles. The molecule has 1 aromatic rings. The van der Waals surface area contributed by atoms with E-state index in [4.69, 9.17) is 17.3 Å². The number of halogens is 1. The summed E-state index contributed by atoms with van der Waals surface area (Å²) >= 11 is 5.75. The largest absolute Gasteiger partial charge is 0.397 e. The molecule has 0 saturated carbocycles. The highest BCUT2D eigenvalue weighted by Gasteiger charge is 2.09. The number of carbonyl (C=O) groups excluding carboxylic acids is 1. The second-order valence-electron chi connectivity index (χ2n) is 3.92. The molecular weight excluding hydrogens is 272 g/mol. The summed E-state index contributed by atoms with van der Waals surface area (Å²) in [5.41, 5.74) is 6.60. The fraction of sp³-hybridized carbons (Fsp3) is 0.417. The molecule has 100 valence electrons.